The Morgan fingerprint density at radius 1 is 1.41 bits per heavy atom. The summed E-state index contributed by atoms with van der Waals surface area (Å²) in [6.07, 6.45) is 2.54. The Bertz CT molecular complexity index is 484. The molecule has 1 atom stereocenters. The van der Waals surface area contributed by atoms with Gasteiger partial charge in [-0.1, -0.05) is 11.6 Å². The molecule has 0 spiro atoms. The highest BCUT2D eigenvalue weighted by Crippen LogP contribution is 2.26. The fourth-order valence-electron chi connectivity index (χ4n) is 1.65. The first-order valence-electron chi connectivity index (χ1n) is 5.39. The van der Waals surface area contributed by atoms with Crippen LogP contribution < -0.4 is 5.32 Å². The van der Waals surface area contributed by atoms with Crippen molar-refractivity contribution in [3.63, 3.8) is 0 Å². The van der Waals surface area contributed by atoms with Gasteiger partial charge in [0.05, 0.1) is 6.26 Å². The lowest BCUT2D eigenvalue weighted by atomic mass is 10.2. The van der Waals surface area contributed by atoms with Crippen LogP contribution in [0.25, 0.3) is 0 Å². The summed E-state index contributed by atoms with van der Waals surface area (Å²) in [5.41, 5.74) is 1.04. The Labute approximate surface area is 114 Å². The van der Waals surface area contributed by atoms with E-state index in [-0.39, 0.29) is 0 Å². The predicted molar refractivity (Wildman–Crippen MR) is 74.6 cm³/mol. The van der Waals surface area contributed by atoms with Crippen molar-refractivity contribution in [3.05, 3.63) is 51.9 Å². The molecule has 0 aliphatic carbocycles. The van der Waals surface area contributed by atoms with Gasteiger partial charge in [-0.15, -0.1) is 0 Å². The maximum Gasteiger partial charge on any atom is 0.105 e. The third kappa shape index (κ3) is 3.51. The first-order chi connectivity index (χ1) is 8.15. The van der Waals surface area contributed by atoms with Crippen LogP contribution >= 0.6 is 27.5 Å². The molecule has 1 N–H and O–H groups in total. The first-order valence-corrected chi connectivity index (χ1v) is 6.56. The van der Waals surface area contributed by atoms with Gasteiger partial charge in [-0.3, -0.25) is 0 Å². The van der Waals surface area contributed by atoms with Crippen molar-refractivity contribution in [2.75, 3.05) is 5.32 Å². The average molecular weight is 315 g/mol. The van der Waals surface area contributed by atoms with Crippen LogP contribution in [-0.4, -0.2) is 6.04 Å². The Morgan fingerprint density at radius 2 is 2.24 bits per heavy atom. The molecule has 90 valence electrons. The highest BCUT2D eigenvalue weighted by atomic mass is 79.9. The van der Waals surface area contributed by atoms with Crippen molar-refractivity contribution in [2.45, 2.75) is 19.4 Å². The molecule has 0 saturated heterocycles. The highest BCUT2D eigenvalue weighted by molar-refractivity contribution is 9.10. The zero-order valence-electron chi connectivity index (χ0n) is 9.41. The quantitative estimate of drug-likeness (QED) is 0.882. The molecular weight excluding hydrogens is 302 g/mol. The molecule has 1 aromatic heterocycles. The summed E-state index contributed by atoms with van der Waals surface area (Å²) in [4.78, 5) is 0. The zero-order chi connectivity index (χ0) is 12.3. The summed E-state index contributed by atoms with van der Waals surface area (Å²) in [6, 6.07) is 9.89. The number of rotatable bonds is 4. The largest absolute Gasteiger partial charge is 0.469 e. The van der Waals surface area contributed by atoms with E-state index < -0.39 is 0 Å². The predicted octanol–water partition coefficient (Wildman–Crippen LogP) is 4.74. The van der Waals surface area contributed by atoms with Gasteiger partial charge in [0.2, 0.25) is 0 Å². The Kier molecular flexibility index (Phi) is 4.13. The van der Waals surface area contributed by atoms with Gasteiger partial charge in [-0.05, 0) is 53.2 Å². The van der Waals surface area contributed by atoms with Crippen LogP contribution in [0.4, 0.5) is 5.69 Å². The van der Waals surface area contributed by atoms with Crippen molar-refractivity contribution in [1.29, 1.82) is 0 Å². The molecule has 0 aliphatic rings. The van der Waals surface area contributed by atoms with E-state index in [1.165, 1.54) is 0 Å². The lowest BCUT2D eigenvalue weighted by Crippen LogP contribution is -2.17. The van der Waals surface area contributed by atoms with Crippen molar-refractivity contribution >= 4 is 33.2 Å². The molecular formula is C13H13BrClNO. The van der Waals surface area contributed by atoms with Gasteiger partial charge in [-0.2, -0.15) is 0 Å². The Morgan fingerprint density at radius 3 is 2.88 bits per heavy atom. The van der Waals surface area contributed by atoms with Crippen LogP contribution in [0.1, 0.15) is 12.7 Å². The molecule has 0 saturated carbocycles. The number of hydrogen-bond acceptors (Lipinski definition) is 2. The van der Waals surface area contributed by atoms with Gasteiger partial charge < -0.3 is 9.73 Å². The van der Waals surface area contributed by atoms with Gasteiger partial charge in [0.1, 0.15) is 5.76 Å². The van der Waals surface area contributed by atoms with E-state index in [2.05, 4.69) is 28.2 Å². The van der Waals surface area contributed by atoms with Gasteiger partial charge in [0.15, 0.2) is 0 Å². The minimum absolute atomic E-state index is 0.290. The highest BCUT2D eigenvalue weighted by Gasteiger charge is 2.07. The molecule has 4 heteroatoms. The second kappa shape index (κ2) is 5.61. The molecule has 2 nitrogen and oxygen atoms in total. The van der Waals surface area contributed by atoms with Gasteiger partial charge in [0, 0.05) is 27.6 Å². The SMILES string of the molecule is CC(Cc1ccco1)Nc1ccc(Cl)cc1Br. The summed E-state index contributed by atoms with van der Waals surface area (Å²) < 4.78 is 6.29. The molecule has 1 aromatic carbocycles. The summed E-state index contributed by atoms with van der Waals surface area (Å²) in [5.74, 6) is 0.982. The van der Waals surface area contributed by atoms with Crippen molar-refractivity contribution in [2.24, 2.45) is 0 Å². The van der Waals surface area contributed by atoms with Gasteiger partial charge in [0.25, 0.3) is 0 Å². The van der Waals surface area contributed by atoms with Gasteiger partial charge >= 0.3 is 0 Å². The van der Waals surface area contributed by atoms with Crippen molar-refractivity contribution in [3.8, 4) is 0 Å². The summed E-state index contributed by atoms with van der Waals surface area (Å²) >= 11 is 9.38. The lowest BCUT2D eigenvalue weighted by molar-refractivity contribution is 0.498. The fraction of sp³-hybridized carbons (Fsp3) is 0.231. The molecule has 2 aromatic rings. The summed E-state index contributed by atoms with van der Waals surface area (Å²) in [6.45, 7) is 2.11. The minimum Gasteiger partial charge on any atom is -0.469 e. The number of nitrogens with one attached hydrogen (secondary N) is 1. The second-order valence-electron chi connectivity index (χ2n) is 3.95. The van der Waals surface area contributed by atoms with Crippen molar-refractivity contribution < 1.29 is 4.42 Å². The van der Waals surface area contributed by atoms with E-state index in [4.69, 9.17) is 16.0 Å². The third-order valence-electron chi connectivity index (χ3n) is 2.42. The van der Waals surface area contributed by atoms with Crippen LogP contribution in [0.3, 0.4) is 0 Å². The third-order valence-corrected chi connectivity index (χ3v) is 3.31. The maximum absolute atomic E-state index is 5.90. The summed E-state index contributed by atoms with van der Waals surface area (Å²) in [7, 11) is 0. The zero-order valence-corrected chi connectivity index (χ0v) is 11.8. The minimum atomic E-state index is 0.290. The number of anilines is 1. The smallest absolute Gasteiger partial charge is 0.105 e. The van der Waals surface area contributed by atoms with Crippen molar-refractivity contribution in [1.82, 2.24) is 0 Å². The van der Waals surface area contributed by atoms with Crippen LogP contribution in [0.5, 0.6) is 0 Å². The number of hydrogen-bond donors (Lipinski definition) is 1. The number of furan rings is 1. The molecule has 0 amide bonds. The number of benzene rings is 1. The Hall–Kier alpha value is -0.930. The van der Waals surface area contributed by atoms with E-state index in [0.29, 0.717) is 6.04 Å². The number of halogens is 2. The molecule has 0 bridgehead atoms. The standard InChI is InChI=1S/C13H13BrClNO/c1-9(7-11-3-2-6-17-11)16-13-5-4-10(15)8-12(13)14/h2-6,8-9,16H,7H2,1H3. The van der Waals surface area contributed by atoms with Gasteiger partial charge in [-0.25, -0.2) is 0 Å². The second-order valence-corrected chi connectivity index (χ2v) is 5.24. The van der Waals surface area contributed by atoms with Crippen LogP contribution in [0.15, 0.2) is 45.5 Å². The molecule has 1 unspecified atom stereocenters. The average Bonchev–Trinajstić information content (AvgIpc) is 2.75. The molecule has 1 heterocycles. The maximum atomic E-state index is 5.90. The van der Waals surface area contributed by atoms with E-state index in [1.807, 2.05) is 30.3 Å². The monoisotopic (exact) mass is 313 g/mol. The molecule has 0 aliphatic heterocycles. The Balaban J connectivity index is 2.00. The fourth-order valence-corrected chi connectivity index (χ4v) is 2.45. The molecule has 2 rings (SSSR count). The molecule has 17 heavy (non-hydrogen) atoms. The van der Waals surface area contributed by atoms with E-state index >= 15 is 0 Å². The summed E-state index contributed by atoms with van der Waals surface area (Å²) in [5, 5.41) is 4.13. The van der Waals surface area contributed by atoms with E-state index in [0.717, 1.165) is 27.4 Å². The lowest BCUT2D eigenvalue weighted by Gasteiger charge is -2.15. The van der Waals surface area contributed by atoms with E-state index in [9.17, 15) is 0 Å². The first kappa shape index (κ1) is 12.5. The van der Waals surface area contributed by atoms with Crippen LogP contribution in [-0.2, 0) is 6.42 Å². The molecule has 0 radical (unpaired) electrons. The topological polar surface area (TPSA) is 25.2 Å². The molecule has 0 fully saturated rings. The van der Waals surface area contributed by atoms with Crippen LogP contribution in [0.2, 0.25) is 5.02 Å². The normalized spacial score (nSPS) is 12.4. The van der Waals surface area contributed by atoms with Crippen LogP contribution in [0, 0.1) is 0 Å². The van der Waals surface area contributed by atoms with E-state index in [1.54, 1.807) is 6.26 Å².